The molecule has 1 saturated carbocycles. The van der Waals surface area contributed by atoms with Crippen molar-refractivity contribution in [2.45, 2.75) is 64.6 Å². The van der Waals surface area contributed by atoms with Gasteiger partial charge in [0, 0.05) is 18.2 Å². The molecule has 4 rings (SSSR count). The molecule has 2 aliphatic rings. The normalized spacial score (nSPS) is 23.5. The Morgan fingerprint density at radius 2 is 1.79 bits per heavy atom. The third kappa shape index (κ3) is 4.07. The van der Waals surface area contributed by atoms with Crippen molar-refractivity contribution in [1.82, 2.24) is 10.2 Å². The van der Waals surface area contributed by atoms with E-state index in [4.69, 9.17) is 0 Å². The van der Waals surface area contributed by atoms with Crippen molar-refractivity contribution >= 4 is 11.8 Å². The lowest BCUT2D eigenvalue weighted by Crippen LogP contribution is -2.49. The number of carbonyl (C=O) groups is 2. The summed E-state index contributed by atoms with van der Waals surface area (Å²) in [4.78, 5) is 28.4. The van der Waals surface area contributed by atoms with Crippen LogP contribution in [0.15, 0.2) is 48.5 Å². The number of rotatable bonds is 4. The fourth-order valence-electron chi connectivity index (χ4n) is 5.06. The Hall–Kier alpha value is -2.62. The van der Waals surface area contributed by atoms with Crippen LogP contribution in [-0.2, 0) is 11.3 Å². The summed E-state index contributed by atoms with van der Waals surface area (Å²) in [6.07, 6.45) is 5.23. The monoisotopic (exact) mass is 390 g/mol. The number of benzene rings is 2. The van der Waals surface area contributed by atoms with Crippen LogP contribution in [0.2, 0.25) is 0 Å². The first-order valence-corrected chi connectivity index (χ1v) is 10.8. The van der Waals surface area contributed by atoms with Crippen molar-refractivity contribution in [2.24, 2.45) is 5.92 Å². The maximum Gasteiger partial charge on any atom is 0.254 e. The van der Waals surface area contributed by atoms with Gasteiger partial charge in [-0.3, -0.25) is 9.59 Å². The van der Waals surface area contributed by atoms with Crippen LogP contribution in [0.25, 0.3) is 0 Å². The summed E-state index contributed by atoms with van der Waals surface area (Å²) in [5.74, 6) is 0.406. The molecule has 1 heterocycles. The Morgan fingerprint density at radius 3 is 2.55 bits per heavy atom. The van der Waals surface area contributed by atoms with Crippen molar-refractivity contribution in [1.29, 1.82) is 0 Å². The van der Waals surface area contributed by atoms with Gasteiger partial charge in [-0.15, -0.1) is 0 Å². The zero-order valence-electron chi connectivity index (χ0n) is 17.4. The van der Waals surface area contributed by atoms with Crippen LogP contribution in [0.4, 0.5) is 0 Å². The van der Waals surface area contributed by atoms with E-state index < -0.39 is 0 Å². The molecule has 3 atom stereocenters. The molecular weight excluding hydrogens is 360 g/mol. The minimum atomic E-state index is -0.374. The van der Waals surface area contributed by atoms with Crippen LogP contribution in [0.5, 0.6) is 0 Å². The van der Waals surface area contributed by atoms with E-state index in [1.807, 2.05) is 35.2 Å². The molecule has 2 amide bonds. The highest BCUT2D eigenvalue weighted by Gasteiger charge is 2.47. The maximum atomic E-state index is 13.3. The Balaban J connectivity index is 1.53. The summed E-state index contributed by atoms with van der Waals surface area (Å²) in [7, 11) is 0. The second-order valence-electron chi connectivity index (χ2n) is 8.59. The second-order valence-corrected chi connectivity index (χ2v) is 8.59. The minimum absolute atomic E-state index is 0.00772. The van der Waals surface area contributed by atoms with Crippen LogP contribution >= 0.6 is 0 Å². The van der Waals surface area contributed by atoms with Crippen LogP contribution < -0.4 is 5.32 Å². The van der Waals surface area contributed by atoms with E-state index in [9.17, 15) is 9.59 Å². The second kappa shape index (κ2) is 8.40. The summed E-state index contributed by atoms with van der Waals surface area (Å²) in [6.45, 7) is 4.65. The summed E-state index contributed by atoms with van der Waals surface area (Å²) in [5, 5.41) is 3.11. The van der Waals surface area contributed by atoms with Crippen LogP contribution in [0, 0.1) is 19.8 Å². The predicted octanol–water partition coefficient (Wildman–Crippen LogP) is 4.39. The van der Waals surface area contributed by atoms with E-state index in [1.54, 1.807) is 0 Å². The van der Waals surface area contributed by atoms with Crippen molar-refractivity contribution in [3.8, 4) is 0 Å². The van der Waals surface area contributed by atoms with Gasteiger partial charge in [-0.1, -0.05) is 54.8 Å². The number of likely N-dealkylation sites (tertiary alicyclic amines) is 1. The van der Waals surface area contributed by atoms with E-state index in [2.05, 4.69) is 37.4 Å². The number of carbonyl (C=O) groups excluding carboxylic acids is 2. The highest BCUT2D eigenvalue weighted by molar-refractivity contribution is 5.98. The van der Waals surface area contributed by atoms with Crippen LogP contribution in [0.1, 0.15) is 59.2 Å². The van der Waals surface area contributed by atoms with E-state index in [1.165, 1.54) is 17.5 Å². The average Bonchev–Trinajstić information content (AvgIpc) is 3.12. The molecule has 1 aliphatic carbocycles. The van der Waals surface area contributed by atoms with Gasteiger partial charge >= 0.3 is 0 Å². The molecule has 3 unspecified atom stereocenters. The minimum Gasteiger partial charge on any atom is -0.350 e. The van der Waals surface area contributed by atoms with Gasteiger partial charge in [0.15, 0.2) is 0 Å². The molecule has 2 aromatic carbocycles. The lowest BCUT2D eigenvalue weighted by Gasteiger charge is -2.33. The third-order valence-corrected chi connectivity index (χ3v) is 6.60. The number of nitrogens with one attached hydrogen (secondary N) is 1. The number of hydrogen-bond acceptors (Lipinski definition) is 2. The van der Waals surface area contributed by atoms with E-state index in [-0.39, 0.29) is 23.9 Å². The van der Waals surface area contributed by atoms with Crippen LogP contribution in [0.3, 0.4) is 0 Å². The van der Waals surface area contributed by atoms with Crippen molar-refractivity contribution in [2.75, 3.05) is 0 Å². The fraction of sp³-hybridized carbons (Fsp3) is 0.440. The number of fused-ring (bicyclic) bond motifs is 1. The molecule has 1 saturated heterocycles. The third-order valence-electron chi connectivity index (χ3n) is 6.60. The summed E-state index contributed by atoms with van der Waals surface area (Å²) in [5.41, 5.74) is 4.20. The van der Waals surface area contributed by atoms with Crippen molar-refractivity contribution in [3.63, 3.8) is 0 Å². The van der Waals surface area contributed by atoms with Gasteiger partial charge in [-0.05, 0) is 62.3 Å². The molecule has 2 fully saturated rings. The summed E-state index contributed by atoms with van der Waals surface area (Å²) < 4.78 is 0. The molecule has 0 bridgehead atoms. The standard InChI is InChI=1S/C25H30N2O2/c1-17-12-13-21(18(2)14-17)16-26-24(28)23-15-20-10-6-7-11-22(20)27(23)25(29)19-8-4-3-5-9-19/h3-5,8-9,12-14,20,22-23H,6-7,10-11,15-16H2,1-2H3,(H,26,28). The topological polar surface area (TPSA) is 49.4 Å². The number of amides is 2. The quantitative estimate of drug-likeness (QED) is 0.842. The first-order valence-electron chi connectivity index (χ1n) is 10.8. The van der Waals surface area contributed by atoms with Gasteiger partial charge in [-0.2, -0.15) is 0 Å². The zero-order valence-corrected chi connectivity index (χ0v) is 17.4. The molecule has 29 heavy (non-hydrogen) atoms. The molecule has 1 aliphatic heterocycles. The molecule has 2 aromatic rings. The van der Waals surface area contributed by atoms with Gasteiger partial charge in [0.05, 0.1) is 0 Å². The Kier molecular flexibility index (Phi) is 5.70. The lowest BCUT2D eigenvalue weighted by molar-refractivity contribution is -0.125. The summed E-state index contributed by atoms with van der Waals surface area (Å²) in [6, 6.07) is 15.5. The molecule has 4 nitrogen and oxygen atoms in total. The number of aryl methyl sites for hydroxylation is 2. The van der Waals surface area contributed by atoms with E-state index in [0.29, 0.717) is 18.0 Å². The molecule has 152 valence electrons. The molecule has 4 heteroatoms. The average molecular weight is 391 g/mol. The maximum absolute atomic E-state index is 13.3. The lowest BCUT2D eigenvalue weighted by atomic mass is 9.84. The van der Waals surface area contributed by atoms with Crippen LogP contribution in [-0.4, -0.2) is 28.8 Å². The highest BCUT2D eigenvalue weighted by atomic mass is 16.2. The van der Waals surface area contributed by atoms with Gasteiger partial charge in [0.25, 0.3) is 5.91 Å². The molecular formula is C25H30N2O2. The van der Waals surface area contributed by atoms with E-state index in [0.717, 1.165) is 31.2 Å². The van der Waals surface area contributed by atoms with Gasteiger partial charge < -0.3 is 10.2 Å². The first-order chi connectivity index (χ1) is 14.0. The zero-order chi connectivity index (χ0) is 20.4. The fourth-order valence-corrected chi connectivity index (χ4v) is 5.06. The molecule has 0 radical (unpaired) electrons. The Bertz CT molecular complexity index is 893. The number of hydrogen-bond donors (Lipinski definition) is 1. The van der Waals surface area contributed by atoms with Gasteiger partial charge in [-0.25, -0.2) is 0 Å². The van der Waals surface area contributed by atoms with Gasteiger partial charge in [0.1, 0.15) is 6.04 Å². The van der Waals surface area contributed by atoms with E-state index >= 15 is 0 Å². The Morgan fingerprint density at radius 1 is 1.03 bits per heavy atom. The highest BCUT2D eigenvalue weighted by Crippen LogP contribution is 2.40. The first kappa shape index (κ1) is 19.7. The molecule has 0 aromatic heterocycles. The SMILES string of the molecule is Cc1ccc(CNC(=O)C2CC3CCCCC3N2C(=O)c2ccccc2)c(C)c1. The molecule has 1 N–H and O–H groups in total. The Labute approximate surface area is 173 Å². The smallest absolute Gasteiger partial charge is 0.254 e. The van der Waals surface area contributed by atoms with Gasteiger partial charge in [0.2, 0.25) is 5.91 Å². The van der Waals surface area contributed by atoms with Crippen molar-refractivity contribution in [3.05, 3.63) is 70.8 Å². The number of nitrogens with zero attached hydrogens (tertiary/aromatic N) is 1. The van der Waals surface area contributed by atoms with Crippen molar-refractivity contribution < 1.29 is 9.59 Å². The summed E-state index contributed by atoms with van der Waals surface area (Å²) >= 11 is 0. The largest absolute Gasteiger partial charge is 0.350 e. The predicted molar refractivity (Wildman–Crippen MR) is 115 cm³/mol. The molecule has 0 spiro atoms.